The van der Waals surface area contributed by atoms with E-state index in [0.717, 1.165) is 19.4 Å². The van der Waals surface area contributed by atoms with Crippen molar-refractivity contribution >= 4 is 11.6 Å². The molecule has 18 heavy (non-hydrogen) atoms. The fraction of sp³-hybridized carbons (Fsp3) is 0.467. The smallest absolute Gasteiger partial charge is 0.145 e. The standard InChI is InChI=1S/C15H19ClFN/c1-3-5-8-13(18-10-4-2)11-12-7-6-9-14(16)15(12)17/h1,6-7,9,13,18H,4-5,8,10-11H2,2H3. The van der Waals surface area contributed by atoms with Gasteiger partial charge in [0, 0.05) is 12.5 Å². The lowest BCUT2D eigenvalue weighted by Crippen LogP contribution is -2.32. The van der Waals surface area contributed by atoms with Crippen molar-refractivity contribution in [2.24, 2.45) is 0 Å². The number of rotatable bonds is 7. The molecule has 0 saturated carbocycles. The van der Waals surface area contributed by atoms with E-state index in [9.17, 15) is 4.39 Å². The molecule has 1 aromatic rings. The van der Waals surface area contributed by atoms with E-state index < -0.39 is 0 Å². The van der Waals surface area contributed by atoms with Gasteiger partial charge in [0.1, 0.15) is 5.82 Å². The van der Waals surface area contributed by atoms with E-state index >= 15 is 0 Å². The van der Waals surface area contributed by atoms with Crippen LogP contribution < -0.4 is 5.32 Å². The Kier molecular flexibility index (Phi) is 6.78. The molecule has 1 aromatic carbocycles. The van der Waals surface area contributed by atoms with Crippen molar-refractivity contribution in [1.82, 2.24) is 5.32 Å². The molecule has 1 rings (SSSR count). The number of terminal acetylenes is 1. The second-order valence-corrected chi connectivity index (χ2v) is 4.72. The van der Waals surface area contributed by atoms with Crippen LogP contribution in [0.2, 0.25) is 5.02 Å². The Bertz CT molecular complexity index is 411. The van der Waals surface area contributed by atoms with E-state index in [0.29, 0.717) is 18.4 Å². The van der Waals surface area contributed by atoms with Crippen molar-refractivity contribution in [3.63, 3.8) is 0 Å². The van der Waals surface area contributed by atoms with Crippen LogP contribution in [0.3, 0.4) is 0 Å². The summed E-state index contributed by atoms with van der Waals surface area (Å²) in [6.07, 6.45) is 8.49. The van der Waals surface area contributed by atoms with Crippen molar-refractivity contribution < 1.29 is 4.39 Å². The first kappa shape index (κ1) is 15.0. The van der Waals surface area contributed by atoms with Gasteiger partial charge < -0.3 is 5.32 Å². The maximum Gasteiger partial charge on any atom is 0.145 e. The van der Waals surface area contributed by atoms with Gasteiger partial charge in [-0.3, -0.25) is 0 Å². The van der Waals surface area contributed by atoms with Gasteiger partial charge in [0.2, 0.25) is 0 Å². The summed E-state index contributed by atoms with van der Waals surface area (Å²) in [5.74, 6) is 2.31. The lowest BCUT2D eigenvalue weighted by Gasteiger charge is -2.18. The molecule has 0 aliphatic carbocycles. The quantitative estimate of drug-likeness (QED) is 0.741. The molecule has 0 amide bonds. The SMILES string of the molecule is C#CCCC(Cc1cccc(Cl)c1F)NCCC. The van der Waals surface area contributed by atoms with Gasteiger partial charge in [-0.25, -0.2) is 4.39 Å². The van der Waals surface area contributed by atoms with Crippen molar-refractivity contribution in [3.05, 3.63) is 34.6 Å². The minimum Gasteiger partial charge on any atom is -0.314 e. The molecule has 0 bridgehead atoms. The third kappa shape index (κ3) is 4.68. The summed E-state index contributed by atoms with van der Waals surface area (Å²) in [6, 6.07) is 5.32. The largest absolute Gasteiger partial charge is 0.314 e. The van der Waals surface area contributed by atoms with E-state index in [1.165, 1.54) is 0 Å². The molecule has 0 spiro atoms. The lowest BCUT2D eigenvalue weighted by molar-refractivity contribution is 0.473. The highest BCUT2D eigenvalue weighted by atomic mass is 35.5. The van der Waals surface area contributed by atoms with Gasteiger partial charge >= 0.3 is 0 Å². The molecule has 98 valence electrons. The average molecular weight is 268 g/mol. The first-order valence-corrected chi connectivity index (χ1v) is 6.66. The molecule has 1 unspecified atom stereocenters. The van der Waals surface area contributed by atoms with E-state index in [1.54, 1.807) is 18.2 Å². The van der Waals surface area contributed by atoms with Crippen molar-refractivity contribution in [1.29, 1.82) is 0 Å². The maximum atomic E-state index is 13.8. The predicted octanol–water partition coefficient (Wildman–Crippen LogP) is 3.80. The summed E-state index contributed by atoms with van der Waals surface area (Å²) in [6.45, 7) is 3.02. The zero-order chi connectivity index (χ0) is 13.4. The van der Waals surface area contributed by atoms with Crippen LogP contribution in [0.15, 0.2) is 18.2 Å². The maximum absolute atomic E-state index is 13.8. The molecule has 0 fully saturated rings. The molecular weight excluding hydrogens is 249 g/mol. The van der Waals surface area contributed by atoms with Crippen LogP contribution in [0.1, 0.15) is 31.7 Å². The second kappa shape index (κ2) is 8.13. The van der Waals surface area contributed by atoms with Gasteiger partial charge in [0.25, 0.3) is 0 Å². The first-order valence-electron chi connectivity index (χ1n) is 6.28. The lowest BCUT2D eigenvalue weighted by atomic mass is 10.0. The fourth-order valence-electron chi connectivity index (χ4n) is 1.85. The van der Waals surface area contributed by atoms with Crippen LogP contribution in [0.4, 0.5) is 4.39 Å². The van der Waals surface area contributed by atoms with Gasteiger partial charge in [-0.05, 0) is 37.4 Å². The van der Waals surface area contributed by atoms with Crippen molar-refractivity contribution in [2.75, 3.05) is 6.54 Å². The average Bonchev–Trinajstić information content (AvgIpc) is 2.38. The third-order valence-corrected chi connectivity index (χ3v) is 3.11. The van der Waals surface area contributed by atoms with Crippen LogP contribution in [-0.2, 0) is 6.42 Å². The molecule has 0 aromatic heterocycles. The molecule has 1 atom stereocenters. The zero-order valence-electron chi connectivity index (χ0n) is 10.7. The number of halogens is 2. The Morgan fingerprint density at radius 2 is 2.28 bits per heavy atom. The van der Waals surface area contributed by atoms with Crippen LogP contribution >= 0.6 is 11.6 Å². The molecule has 0 radical (unpaired) electrons. The van der Waals surface area contributed by atoms with Gasteiger partial charge in [0.05, 0.1) is 5.02 Å². The second-order valence-electron chi connectivity index (χ2n) is 4.31. The van der Waals surface area contributed by atoms with Gasteiger partial charge in [-0.1, -0.05) is 30.7 Å². The van der Waals surface area contributed by atoms with E-state index in [4.69, 9.17) is 18.0 Å². The summed E-state index contributed by atoms with van der Waals surface area (Å²) < 4.78 is 13.8. The normalized spacial score (nSPS) is 12.1. The summed E-state index contributed by atoms with van der Waals surface area (Å²) in [4.78, 5) is 0. The van der Waals surface area contributed by atoms with E-state index in [1.807, 2.05) is 0 Å². The minimum atomic E-state index is -0.317. The molecule has 1 nitrogen and oxygen atoms in total. The number of benzene rings is 1. The monoisotopic (exact) mass is 267 g/mol. The summed E-state index contributed by atoms with van der Waals surface area (Å²) >= 11 is 5.78. The number of nitrogens with one attached hydrogen (secondary N) is 1. The first-order chi connectivity index (χ1) is 8.69. The van der Waals surface area contributed by atoms with E-state index in [2.05, 4.69) is 18.2 Å². The predicted molar refractivity (Wildman–Crippen MR) is 75.3 cm³/mol. The summed E-state index contributed by atoms with van der Waals surface area (Å²) in [5, 5.41) is 3.57. The minimum absolute atomic E-state index is 0.179. The molecule has 0 aliphatic heterocycles. The molecule has 0 heterocycles. The Morgan fingerprint density at radius 1 is 1.50 bits per heavy atom. The Morgan fingerprint density at radius 3 is 2.94 bits per heavy atom. The molecule has 1 N–H and O–H groups in total. The van der Waals surface area contributed by atoms with E-state index in [-0.39, 0.29) is 16.9 Å². The Balaban J connectivity index is 2.69. The van der Waals surface area contributed by atoms with Gasteiger partial charge in [0.15, 0.2) is 0 Å². The highest BCUT2D eigenvalue weighted by Crippen LogP contribution is 2.19. The van der Waals surface area contributed by atoms with Crippen molar-refractivity contribution in [3.8, 4) is 12.3 Å². The molecule has 0 aliphatic rings. The van der Waals surface area contributed by atoms with Crippen LogP contribution in [0, 0.1) is 18.2 Å². The fourth-order valence-corrected chi connectivity index (χ4v) is 2.05. The number of hydrogen-bond donors (Lipinski definition) is 1. The summed E-state index contributed by atoms with van der Waals surface area (Å²) in [5.41, 5.74) is 0.646. The highest BCUT2D eigenvalue weighted by Gasteiger charge is 2.12. The van der Waals surface area contributed by atoms with Gasteiger partial charge in [-0.2, -0.15) is 0 Å². The topological polar surface area (TPSA) is 12.0 Å². The number of hydrogen-bond acceptors (Lipinski definition) is 1. The highest BCUT2D eigenvalue weighted by molar-refractivity contribution is 6.30. The van der Waals surface area contributed by atoms with Crippen LogP contribution in [0.5, 0.6) is 0 Å². The zero-order valence-corrected chi connectivity index (χ0v) is 11.4. The van der Waals surface area contributed by atoms with Crippen LogP contribution in [0.25, 0.3) is 0 Å². The Labute approximate surface area is 114 Å². The molecule has 0 saturated heterocycles. The van der Waals surface area contributed by atoms with Gasteiger partial charge in [-0.15, -0.1) is 12.3 Å². The van der Waals surface area contributed by atoms with Crippen molar-refractivity contribution in [2.45, 2.75) is 38.6 Å². The third-order valence-electron chi connectivity index (χ3n) is 2.82. The van der Waals surface area contributed by atoms with Crippen LogP contribution in [-0.4, -0.2) is 12.6 Å². The molecular formula is C15H19ClFN. The molecule has 3 heteroatoms. The summed E-state index contributed by atoms with van der Waals surface area (Å²) in [7, 11) is 0. The Hall–Kier alpha value is -1.04.